The van der Waals surface area contributed by atoms with Crippen molar-refractivity contribution in [1.29, 1.82) is 0 Å². The van der Waals surface area contributed by atoms with E-state index in [0.29, 0.717) is 11.1 Å². The van der Waals surface area contributed by atoms with Crippen molar-refractivity contribution in [1.82, 2.24) is 4.98 Å². The van der Waals surface area contributed by atoms with Crippen LogP contribution in [0.3, 0.4) is 0 Å². The molecule has 0 aliphatic carbocycles. The normalized spacial score (nSPS) is 10.9. The zero-order valence-corrected chi connectivity index (χ0v) is 11.5. The fourth-order valence-electron chi connectivity index (χ4n) is 2.08. The van der Waals surface area contributed by atoms with E-state index in [-0.39, 0.29) is 0 Å². The Hall–Kier alpha value is -2.04. The SMILES string of the molecule is Cc1cc(-c2ccc(F)c(C(F)F)c2)cnc1N(C)C. The fourth-order valence-corrected chi connectivity index (χ4v) is 2.08. The van der Waals surface area contributed by atoms with Crippen LogP contribution < -0.4 is 4.90 Å². The van der Waals surface area contributed by atoms with E-state index in [4.69, 9.17) is 0 Å². The lowest BCUT2D eigenvalue weighted by molar-refractivity contribution is 0.146. The number of nitrogens with zero attached hydrogens (tertiary/aromatic N) is 2. The zero-order chi connectivity index (χ0) is 14.9. The Kier molecular flexibility index (Phi) is 3.97. The minimum absolute atomic E-state index is 0.530. The molecule has 0 atom stereocenters. The minimum Gasteiger partial charge on any atom is -0.363 e. The Balaban J connectivity index is 2.47. The third kappa shape index (κ3) is 2.76. The predicted octanol–water partition coefficient (Wildman–Crippen LogP) is 4.20. The number of alkyl halides is 2. The van der Waals surface area contributed by atoms with Crippen molar-refractivity contribution in [2.24, 2.45) is 0 Å². The van der Waals surface area contributed by atoms with E-state index >= 15 is 0 Å². The molecule has 2 aromatic rings. The second-order valence-corrected chi connectivity index (χ2v) is 4.80. The van der Waals surface area contributed by atoms with Crippen molar-refractivity contribution < 1.29 is 13.2 Å². The number of hydrogen-bond acceptors (Lipinski definition) is 2. The average molecular weight is 280 g/mol. The molecule has 0 spiro atoms. The minimum atomic E-state index is -2.83. The number of benzene rings is 1. The van der Waals surface area contributed by atoms with Crippen LogP contribution >= 0.6 is 0 Å². The summed E-state index contributed by atoms with van der Waals surface area (Å²) in [5.41, 5.74) is 1.56. The van der Waals surface area contributed by atoms with Gasteiger partial charge in [0.1, 0.15) is 11.6 Å². The van der Waals surface area contributed by atoms with Gasteiger partial charge in [0.2, 0.25) is 0 Å². The highest BCUT2D eigenvalue weighted by Gasteiger charge is 2.15. The lowest BCUT2D eigenvalue weighted by Gasteiger charge is -2.15. The second kappa shape index (κ2) is 5.53. The molecule has 0 unspecified atom stereocenters. The second-order valence-electron chi connectivity index (χ2n) is 4.80. The first-order valence-electron chi connectivity index (χ1n) is 6.12. The predicted molar refractivity (Wildman–Crippen MR) is 73.7 cm³/mol. The molecule has 0 saturated heterocycles. The summed E-state index contributed by atoms with van der Waals surface area (Å²) in [6, 6.07) is 5.57. The number of pyridine rings is 1. The Morgan fingerprint density at radius 1 is 1.10 bits per heavy atom. The van der Waals surface area contributed by atoms with Crippen molar-refractivity contribution in [3.8, 4) is 11.1 Å². The van der Waals surface area contributed by atoms with Gasteiger partial charge in [-0.15, -0.1) is 0 Å². The zero-order valence-electron chi connectivity index (χ0n) is 11.5. The Bertz CT molecular complexity index is 625. The highest BCUT2D eigenvalue weighted by Crippen LogP contribution is 2.29. The molecule has 1 aromatic heterocycles. The van der Waals surface area contributed by atoms with Gasteiger partial charge in [0.15, 0.2) is 0 Å². The van der Waals surface area contributed by atoms with E-state index in [1.807, 2.05) is 32.0 Å². The number of halogens is 3. The van der Waals surface area contributed by atoms with Gasteiger partial charge in [0.25, 0.3) is 6.43 Å². The molecule has 2 rings (SSSR count). The lowest BCUT2D eigenvalue weighted by Crippen LogP contribution is -2.12. The number of aryl methyl sites for hydroxylation is 1. The van der Waals surface area contributed by atoms with Gasteiger partial charge in [0.05, 0.1) is 5.56 Å². The first kappa shape index (κ1) is 14.4. The summed E-state index contributed by atoms with van der Waals surface area (Å²) in [5.74, 6) is -0.0803. The van der Waals surface area contributed by atoms with Gasteiger partial charge in [-0.1, -0.05) is 6.07 Å². The summed E-state index contributed by atoms with van der Waals surface area (Å²) in [6.07, 6.45) is -1.23. The van der Waals surface area contributed by atoms with Crippen LogP contribution in [-0.4, -0.2) is 19.1 Å². The first-order chi connectivity index (χ1) is 9.40. The van der Waals surface area contributed by atoms with Crippen LogP contribution in [-0.2, 0) is 0 Å². The molecule has 0 radical (unpaired) electrons. The molecule has 0 bridgehead atoms. The topological polar surface area (TPSA) is 16.1 Å². The molecule has 1 aromatic carbocycles. The van der Waals surface area contributed by atoms with Crippen LogP contribution in [0.25, 0.3) is 11.1 Å². The van der Waals surface area contributed by atoms with E-state index in [1.165, 1.54) is 12.1 Å². The van der Waals surface area contributed by atoms with Gasteiger partial charge in [-0.25, -0.2) is 18.2 Å². The van der Waals surface area contributed by atoms with Crippen LogP contribution in [0, 0.1) is 12.7 Å². The fraction of sp³-hybridized carbons (Fsp3) is 0.267. The smallest absolute Gasteiger partial charge is 0.266 e. The summed E-state index contributed by atoms with van der Waals surface area (Å²) < 4.78 is 38.7. The molecule has 0 aliphatic rings. The molecule has 5 heteroatoms. The van der Waals surface area contributed by atoms with Crippen molar-refractivity contribution in [3.63, 3.8) is 0 Å². The molecule has 0 aliphatic heterocycles. The highest BCUT2D eigenvalue weighted by molar-refractivity contribution is 5.66. The third-order valence-electron chi connectivity index (χ3n) is 3.04. The van der Waals surface area contributed by atoms with Crippen molar-refractivity contribution >= 4 is 5.82 Å². The van der Waals surface area contributed by atoms with Crippen LogP contribution in [0.5, 0.6) is 0 Å². The Morgan fingerprint density at radius 3 is 2.35 bits per heavy atom. The maximum atomic E-state index is 13.3. The van der Waals surface area contributed by atoms with Gasteiger partial charge < -0.3 is 4.90 Å². The molecular weight excluding hydrogens is 265 g/mol. The first-order valence-corrected chi connectivity index (χ1v) is 6.12. The molecular formula is C15H15F3N2. The molecule has 20 heavy (non-hydrogen) atoms. The molecule has 0 fully saturated rings. The maximum Gasteiger partial charge on any atom is 0.266 e. The van der Waals surface area contributed by atoms with Crippen LogP contribution in [0.1, 0.15) is 17.6 Å². The van der Waals surface area contributed by atoms with E-state index in [9.17, 15) is 13.2 Å². The molecule has 0 saturated carbocycles. The monoisotopic (exact) mass is 280 g/mol. The summed E-state index contributed by atoms with van der Waals surface area (Å²) in [7, 11) is 3.75. The van der Waals surface area contributed by atoms with Gasteiger partial charge in [0, 0.05) is 25.9 Å². The number of hydrogen-bond donors (Lipinski definition) is 0. The van der Waals surface area contributed by atoms with Crippen LogP contribution in [0.2, 0.25) is 0 Å². The van der Waals surface area contributed by atoms with Gasteiger partial charge in [-0.05, 0) is 36.2 Å². The largest absolute Gasteiger partial charge is 0.363 e. The average Bonchev–Trinajstić information content (AvgIpc) is 2.38. The molecule has 2 nitrogen and oxygen atoms in total. The van der Waals surface area contributed by atoms with E-state index in [0.717, 1.165) is 17.4 Å². The Morgan fingerprint density at radius 2 is 1.80 bits per heavy atom. The lowest BCUT2D eigenvalue weighted by atomic mass is 10.0. The van der Waals surface area contributed by atoms with Crippen molar-refractivity contribution in [3.05, 3.63) is 47.4 Å². The maximum absolute atomic E-state index is 13.3. The summed E-state index contributed by atoms with van der Waals surface area (Å²) in [4.78, 5) is 6.17. The van der Waals surface area contributed by atoms with Crippen LogP contribution in [0.15, 0.2) is 30.5 Å². The molecule has 1 heterocycles. The third-order valence-corrected chi connectivity index (χ3v) is 3.04. The van der Waals surface area contributed by atoms with Crippen molar-refractivity contribution in [2.45, 2.75) is 13.3 Å². The van der Waals surface area contributed by atoms with Crippen LogP contribution in [0.4, 0.5) is 19.0 Å². The molecule has 0 amide bonds. The van der Waals surface area contributed by atoms with Gasteiger partial charge in [-0.3, -0.25) is 0 Å². The van der Waals surface area contributed by atoms with E-state index in [2.05, 4.69) is 4.98 Å². The summed E-state index contributed by atoms with van der Waals surface area (Å²) >= 11 is 0. The quantitative estimate of drug-likeness (QED) is 0.837. The number of anilines is 1. The number of aromatic nitrogens is 1. The van der Waals surface area contributed by atoms with E-state index < -0.39 is 17.8 Å². The standard InChI is InChI=1S/C15H15F3N2/c1-9-6-11(8-19-15(9)20(2)3)10-4-5-13(16)12(7-10)14(17)18/h4-8,14H,1-3H3. The number of rotatable bonds is 3. The molecule has 106 valence electrons. The highest BCUT2D eigenvalue weighted by atomic mass is 19.3. The summed E-state index contributed by atoms with van der Waals surface area (Å²) in [5, 5.41) is 0. The van der Waals surface area contributed by atoms with Gasteiger partial charge >= 0.3 is 0 Å². The van der Waals surface area contributed by atoms with Crippen molar-refractivity contribution in [2.75, 3.05) is 19.0 Å². The Labute approximate surface area is 115 Å². The van der Waals surface area contributed by atoms with E-state index in [1.54, 1.807) is 6.20 Å². The molecule has 0 N–H and O–H groups in total. The summed E-state index contributed by atoms with van der Waals surface area (Å²) in [6.45, 7) is 1.89. The van der Waals surface area contributed by atoms with Gasteiger partial charge in [-0.2, -0.15) is 0 Å².